The average Bonchev–Trinajstić information content (AvgIpc) is 2.45. The fourth-order valence-corrected chi connectivity index (χ4v) is 5.06. The Bertz CT molecular complexity index is 211. The summed E-state index contributed by atoms with van der Waals surface area (Å²) in [4.78, 5) is 0. The van der Waals surface area contributed by atoms with E-state index in [2.05, 4.69) is 0 Å². The molecule has 1 heteroatoms. The highest BCUT2D eigenvalue weighted by Gasteiger charge is 2.71. The van der Waals surface area contributed by atoms with Gasteiger partial charge >= 0.3 is 0 Å². The van der Waals surface area contributed by atoms with Crippen LogP contribution in [-0.4, -0.2) is 11.2 Å². The van der Waals surface area contributed by atoms with Crippen molar-refractivity contribution in [3.8, 4) is 0 Å². The van der Waals surface area contributed by atoms with Gasteiger partial charge in [-0.25, -0.2) is 0 Å². The van der Waals surface area contributed by atoms with Gasteiger partial charge in [-0.3, -0.25) is 0 Å². The molecule has 4 rings (SSSR count). The number of fused-ring (bicyclic) bond motifs is 3. The first-order valence-corrected chi connectivity index (χ1v) is 5.06. The lowest BCUT2D eigenvalue weighted by molar-refractivity contribution is -0.0307. The number of hydrogen-bond donors (Lipinski definition) is 1. The minimum Gasteiger partial charge on any atom is -0.393 e. The summed E-state index contributed by atoms with van der Waals surface area (Å²) >= 11 is 0. The lowest BCUT2D eigenvalue weighted by atomic mass is 9.56. The van der Waals surface area contributed by atoms with Gasteiger partial charge < -0.3 is 5.11 Å². The molecule has 7 atom stereocenters. The number of aliphatic hydroxyl groups is 1. The Kier molecular flexibility index (Phi) is 0.706. The molecule has 1 nitrogen and oxygen atoms in total. The summed E-state index contributed by atoms with van der Waals surface area (Å²) < 4.78 is 0. The second-order valence-electron chi connectivity index (χ2n) is 5.11. The normalized spacial score (nSPS) is 75.5. The second kappa shape index (κ2) is 1.39. The lowest BCUT2D eigenvalue weighted by Crippen LogP contribution is -2.45. The topological polar surface area (TPSA) is 20.2 Å². The monoisotopic (exact) mass is 150 g/mol. The van der Waals surface area contributed by atoms with Crippen LogP contribution in [0.4, 0.5) is 0 Å². The average molecular weight is 150 g/mol. The maximum atomic E-state index is 9.85. The minimum atomic E-state index is 0.131. The molecule has 0 radical (unpaired) electrons. The van der Waals surface area contributed by atoms with Crippen LogP contribution in [0.15, 0.2) is 0 Å². The van der Waals surface area contributed by atoms with Gasteiger partial charge in [-0.15, -0.1) is 0 Å². The van der Waals surface area contributed by atoms with Crippen LogP contribution in [0.25, 0.3) is 0 Å². The zero-order chi connectivity index (χ0) is 7.16. The van der Waals surface area contributed by atoms with E-state index in [9.17, 15) is 5.11 Å². The quantitative estimate of drug-likeness (QED) is 0.551. The zero-order valence-corrected chi connectivity index (χ0v) is 6.61. The van der Waals surface area contributed by atoms with E-state index in [0.29, 0.717) is 0 Å². The molecule has 60 valence electrons. The van der Waals surface area contributed by atoms with Crippen LogP contribution in [-0.2, 0) is 0 Å². The van der Waals surface area contributed by atoms with Crippen molar-refractivity contribution in [3.63, 3.8) is 0 Å². The molecule has 0 spiro atoms. The SMILES string of the molecule is O[C@@H]1[C@H]2C[C@@H]3[C@H]4CC[C@H]2[C@H]4[C@H]13. The zero-order valence-electron chi connectivity index (χ0n) is 6.61. The molecule has 4 saturated carbocycles. The van der Waals surface area contributed by atoms with Gasteiger partial charge in [-0.1, -0.05) is 0 Å². The van der Waals surface area contributed by atoms with Crippen molar-refractivity contribution >= 4 is 0 Å². The fourth-order valence-electron chi connectivity index (χ4n) is 5.06. The molecule has 1 N–H and O–H groups in total. The Morgan fingerprint density at radius 2 is 1.55 bits per heavy atom. The first kappa shape index (κ1) is 5.58. The van der Waals surface area contributed by atoms with E-state index >= 15 is 0 Å². The Morgan fingerprint density at radius 1 is 0.818 bits per heavy atom. The standard InChI is InChI=1S/C10H14O/c11-10-7-3-6-4-1-2-5(7)8(4)9(6)10/h4-11H,1-3H2/t4-,5-,6-,7+,8+,9-,10-/m1/s1. The highest BCUT2D eigenvalue weighted by molar-refractivity contribution is 5.19. The summed E-state index contributed by atoms with van der Waals surface area (Å²) in [5.74, 6) is 5.52. The van der Waals surface area contributed by atoms with Crippen molar-refractivity contribution < 1.29 is 5.11 Å². The van der Waals surface area contributed by atoms with E-state index < -0.39 is 0 Å². The van der Waals surface area contributed by atoms with E-state index in [1.807, 2.05) is 0 Å². The van der Waals surface area contributed by atoms with Gasteiger partial charge in [0.15, 0.2) is 0 Å². The molecule has 4 fully saturated rings. The van der Waals surface area contributed by atoms with Crippen LogP contribution >= 0.6 is 0 Å². The highest BCUT2D eigenvalue weighted by Crippen LogP contribution is 2.74. The Hall–Kier alpha value is -0.0400. The van der Waals surface area contributed by atoms with Gasteiger partial charge in [0.25, 0.3) is 0 Å². The first-order chi connectivity index (χ1) is 5.38. The third-order valence-corrected chi connectivity index (χ3v) is 5.24. The molecule has 4 aliphatic carbocycles. The summed E-state index contributed by atoms with van der Waals surface area (Å²) in [7, 11) is 0. The maximum Gasteiger partial charge on any atom is 0.0605 e. The van der Waals surface area contributed by atoms with Gasteiger partial charge in [-0.05, 0) is 54.8 Å². The Labute approximate surface area is 66.8 Å². The van der Waals surface area contributed by atoms with E-state index in [4.69, 9.17) is 0 Å². The van der Waals surface area contributed by atoms with Crippen molar-refractivity contribution in [2.75, 3.05) is 0 Å². The van der Waals surface area contributed by atoms with Gasteiger partial charge in [0, 0.05) is 0 Å². The van der Waals surface area contributed by atoms with Crippen LogP contribution in [0.1, 0.15) is 19.3 Å². The van der Waals surface area contributed by atoms with Crippen molar-refractivity contribution in [1.29, 1.82) is 0 Å². The van der Waals surface area contributed by atoms with E-state index in [-0.39, 0.29) is 6.10 Å². The van der Waals surface area contributed by atoms with E-state index in [1.165, 1.54) is 19.3 Å². The van der Waals surface area contributed by atoms with Crippen LogP contribution in [0.5, 0.6) is 0 Å². The maximum absolute atomic E-state index is 9.85. The molecule has 0 aromatic rings. The van der Waals surface area contributed by atoms with Crippen molar-refractivity contribution in [1.82, 2.24) is 0 Å². The second-order valence-corrected chi connectivity index (χ2v) is 5.11. The van der Waals surface area contributed by atoms with Gasteiger partial charge in [-0.2, -0.15) is 0 Å². The molecule has 11 heavy (non-hydrogen) atoms. The fraction of sp³-hybridized carbons (Fsp3) is 1.00. The highest BCUT2D eigenvalue weighted by atomic mass is 16.3. The van der Waals surface area contributed by atoms with Crippen molar-refractivity contribution in [2.24, 2.45) is 35.5 Å². The molecule has 0 heterocycles. The van der Waals surface area contributed by atoms with Crippen LogP contribution < -0.4 is 0 Å². The molecular formula is C10H14O. The largest absolute Gasteiger partial charge is 0.393 e. The molecule has 0 unspecified atom stereocenters. The molecule has 0 amide bonds. The summed E-state index contributed by atoms with van der Waals surface area (Å²) in [6.45, 7) is 0. The summed E-state index contributed by atoms with van der Waals surface area (Å²) in [6, 6.07) is 0. The molecule has 0 aromatic heterocycles. The first-order valence-electron chi connectivity index (χ1n) is 5.06. The predicted molar refractivity (Wildman–Crippen MR) is 40.8 cm³/mol. The number of rotatable bonds is 0. The van der Waals surface area contributed by atoms with Crippen LogP contribution in [0.3, 0.4) is 0 Å². The molecule has 0 aliphatic heterocycles. The summed E-state index contributed by atoms with van der Waals surface area (Å²) in [6.07, 6.45) is 4.47. The van der Waals surface area contributed by atoms with Crippen molar-refractivity contribution in [3.05, 3.63) is 0 Å². The smallest absolute Gasteiger partial charge is 0.0605 e. The third kappa shape index (κ3) is 0.376. The molecule has 0 aromatic carbocycles. The Balaban J connectivity index is 1.89. The van der Waals surface area contributed by atoms with Gasteiger partial charge in [0.2, 0.25) is 0 Å². The molecule has 2 bridgehead atoms. The van der Waals surface area contributed by atoms with E-state index in [1.54, 1.807) is 0 Å². The number of aliphatic hydroxyl groups excluding tert-OH is 1. The summed E-state index contributed by atoms with van der Waals surface area (Å²) in [5, 5.41) is 9.85. The molecule has 0 saturated heterocycles. The minimum absolute atomic E-state index is 0.131. The molecule has 4 aliphatic rings. The third-order valence-electron chi connectivity index (χ3n) is 5.24. The van der Waals surface area contributed by atoms with Gasteiger partial charge in [0.1, 0.15) is 0 Å². The van der Waals surface area contributed by atoms with E-state index in [0.717, 1.165) is 35.5 Å². The van der Waals surface area contributed by atoms with Crippen LogP contribution in [0.2, 0.25) is 0 Å². The van der Waals surface area contributed by atoms with Gasteiger partial charge in [0.05, 0.1) is 6.10 Å². The van der Waals surface area contributed by atoms with Crippen molar-refractivity contribution in [2.45, 2.75) is 25.4 Å². The Morgan fingerprint density at radius 3 is 2.18 bits per heavy atom. The predicted octanol–water partition coefficient (Wildman–Crippen LogP) is 1.27. The molecular weight excluding hydrogens is 136 g/mol. The summed E-state index contributed by atoms with van der Waals surface area (Å²) in [5.41, 5.74) is 0. The number of hydrogen-bond acceptors (Lipinski definition) is 1. The van der Waals surface area contributed by atoms with Crippen LogP contribution in [0, 0.1) is 35.5 Å². The lowest BCUT2D eigenvalue weighted by Gasteiger charge is -2.48.